The summed E-state index contributed by atoms with van der Waals surface area (Å²) < 4.78 is 15.2. The monoisotopic (exact) mass is 345 g/mol. The van der Waals surface area contributed by atoms with Gasteiger partial charge in [0.2, 0.25) is 0 Å². The molecule has 5 nitrogen and oxygen atoms in total. The topological polar surface area (TPSA) is 55.6 Å². The summed E-state index contributed by atoms with van der Waals surface area (Å²) in [4.78, 5) is 0. The molecular weight excluding hydrogens is 329 g/mol. The van der Waals surface area contributed by atoms with Crippen LogP contribution in [0.2, 0.25) is 5.02 Å². The predicted molar refractivity (Wildman–Crippen MR) is 90.1 cm³/mol. The van der Waals surface area contributed by atoms with Crippen molar-refractivity contribution < 1.29 is 4.39 Å². The van der Waals surface area contributed by atoms with Gasteiger partial charge in [-0.3, -0.25) is 5.32 Å². The molecule has 0 spiro atoms. The maximum Gasteiger partial charge on any atom is 0.164 e. The van der Waals surface area contributed by atoms with Gasteiger partial charge in [-0.2, -0.15) is 0 Å². The van der Waals surface area contributed by atoms with Crippen LogP contribution in [0.1, 0.15) is 28.6 Å². The summed E-state index contributed by atoms with van der Waals surface area (Å²) in [6.45, 7) is 2.20. The molecule has 1 atom stereocenters. The van der Waals surface area contributed by atoms with Crippen molar-refractivity contribution in [2.24, 2.45) is 7.05 Å². The van der Waals surface area contributed by atoms with Crippen LogP contribution in [-0.4, -0.2) is 20.2 Å². The zero-order chi connectivity index (χ0) is 17.1. The molecule has 0 aliphatic heterocycles. The fourth-order valence-corrected chi connectivity index (χ4v) is 2.80. The maximum atomic E-state index is 13.6. The molecule has 0 bridgehead atoms. The summed E-state index contributed by atoms with van der Waals surface area (Å²) in [5.41, 5.74) is 2.43. The van der Waals surface area contributed by atoms with E-state index in [0.29, 0.717) is 23.0 Å². The van der Waals surface area contributed by atoms with Crippen LogP contribution >= 0.6 is 11.6 Å². The number of tetrazole rings is 1. The first-order valence-electron chi connectivity index (χ1n) is 7.51. The molecule has 0 saturated carbocycles. The quantitative estimate of drug-likeness (QED) is 0.771. The number of rotatable bonds is 5. The zero-order valence-electron chi connectivity index (χ0n) is 13.4. The van der Waals surface area contributed by atoms with Crippen molar-refractivity contribution in [1.29, 1.82) is 0 Å². The van der Waals surface area contributed by atoms with E-state index in [1.165, 1.54) is 6.07 Å². The zero-order valence-corrected chi connectivity index (χ0v) is 14.1. The van der Waals surface area contributed by atoms with Gasteiger partial charge in [0.25, 0.3) is 0 Å². The third kappa shape index (κ3) is 3.44. The van der Waals surface area contributed by atoms with Crippen molar-refractivity contribution in [2.75, 3.05) is 0 Å². The van der Waals surface area contributed by atoms with Gasteiger partial charge in [0.1, 0.15) is 5.82 Å². The molecule has 0 aliphatic carbocycles. The molecule has 0 unspecified atom stereocenters. The van der Waals surface area contributed by atoms with E-state index in [2.05, 4.69) is 20.8 Å². The van der Waals surface area contributed by atoms with E-state index >= 15 is 0 Å². The van der Waals surface area contributed by atoms with E-state index in [9.17, 15) is 4.39 Å². The molecule has 1 N–H and O–H groups in total. The highest BCUT2D eigenvalue weighted by Gasteiger charge is 2.18. The number of benzene rings is 2. The second-order valence-corrected chi connectivity index (χ2v) is 5.97. The van der Waals surface area contributed by atoms with Crippen molar-refractivity contribution in [2.45, 2.75) is 19.5 Å². The average Bonchev–Trinajstić information content (AvgIpc) is 2.97. The van der Waals surface area contributed by atoms with Gasteiger partial charge >= 0.3 is 0 Å². The van der Waals surface area contributed by atoms with Crippen LogP contribution in [0.3, 0.4) is 0 Å². The van der Waals surface area contributed by atoms with Gasteiger partial charge in [-0.05, 0) is 46.2 Å². The van der Waals surface area contributed by atoms with E-state index in [-0.39, 0.29) is 11.9 Å². The largest absolute Gasteiger partial charge is 0.299 e. The molecule has 0 fully saturated rings. The van der Waals surface area contributed by atoms with Gasteiger partial charge in [0.05, 0.1) is 12.6 Å². The minimum Gasteiger partial charge on any atom is -0.299 e. The van der Waals surface area contributed by atoms with Crippen LogP contribution < -0.4 is 5.32 Å². The summed E-state index contributed by atoms with van der Waals surface area (Å²) in [6, 6.07) is 12.5. The lowest BCUT2D eigenvalue weighted by Gasteiger charge is -2.21. The molecule has 0 aliphatic rings. The fraction of sp³-hybridized carbons (Fsp3) is 0.235. The molecule has 0 amide bonds. The Hall–Kier alpha value is -2.31. The van der Waals surface area contributed by atoms with Crippen LogP contribution in [0, 0.1) is 12.7 Å². The van der Waals surface area contributed by atoms with Gasteiger partial charge in [0.15, 0.2) is 5.82 Å². The minimum absolute atomic E-state index is 0.199. The Balaban J connectivity index is 1.95. The summed E-state index contributed by atoms with van der Waals surface area (Å²) >= 11 is 6.37. The van der Waals surface area contributed by atoms with E-state index in [0.717, 1.165) is 11.1 Å². The predicted octanol–water partition coefficient (Wildman–Crippen LogP) is 3.19. The van der Waals surface area contributed by atoms with Crippen LogP contribution in [0.15, 0.2) is 42.5 Å². The highest BCUT2D eigenvalue weighted by Crippen LogP contribution is 2.29. The molecule has 1 aromatic heterocycles. The first kappa shape index (κ1) is 16.5. The normalized spacial score (nSPS) is 12.3. The van der Waals surface area contributed by atoms with E-state index in [4.69, 9.17) is 11.6 Å². The summed E-state index contributed by atoms with van der Waals surface area (Å²) in [7, 11) is 1.78. The van der Waals surface area contributed by atoms with Crippen LogP contribution in [0.25, 0.3) is 0 Å². The molecule has 1 heterocycles. The number of hydrogen-bond donors (Lipinski definition) is 1. The summed E-state index contributed by atoms with van der Waals surface area (Å²) in [5.74, 6) is 0.472. The van der Waals surface area contributed by atoms with Crippen molar-refractivity contribution in [1.82, 2.24) is 25.5 Å². The molecular formula is C17H17ClFN5. The minimum atomic E-state index is -0.228. The summed E-state index contributed by atoms with van der Waals surface area (Å²) in [6.07, 6.45) is 0. The van der Waals surface area contributed by atoms with E-state index < -0.39 is 0 Å². The number of aryl methyl sites for hydroxylation is 2. The number of nitrogens with one attached hydrogen (secondary N) is 1. The second kappa shape index (κ2) is 7.07. The molecule has 24 heavy (non-hydrogen) atoms. The smallest absolute Gasteiger partial charge is 0.164 e. The van der Waals surface area contributed by atoms with Crippen LogP contribution in [-0.2, 0) is 13.6 Å². The number of nitrogens with zero attached hydrogens (tertiary/aromatic N) is 4. The van der Waals surface area contributed by atoms with E-state index in [1.807, 2.05) is 30.3 Å². The third-order valence-corrected chi connectivity index (χ3v) is 4.25. The standard InChI is InChI=1S/C17H17ClFN5/c1-11-9-12(7-8-15(11)19)17(13-5-3-4-6-14(13)18)20-10-16-21-22-23-24(16)2/h3-9,17,20H,10H2,1-2H3/t17-/m1/s1. The maximum absolute atomic E-state index is 13.6. The number of halogens is 2. The lowest BCUT2D eigenvalue weighted by Crippen LogP contribution is -2.24. The lowest BCUT2D eigenvalue weighted by atomic mass is 9.97. The number of aromatic nitrogens is 4. The first-order valence-corrected chi connectivity index (χ1v) is 7.89. The van der Waals surface area contributed by atoms with Crippen molar-refractivity contribution in [3.63, 3.8) is 0 Å². The Labute approximate surface area is 144 Å². The third-order valence-electron chi connectivity index (χ3n) is 3.90. The Morgan fingerprint density at radius 1 is 1.25 bits per heavy atom. The Kier molecular flexibility index (Phi) is 4.87. The van der Waals surface area contributed by atoms with Crippen molar-refractivity contribution in [3.8, 4) is 0 Å². The molecule has 0 saturated heterocycles. The Morgan fingerprint density at radius 3 is 2.71 bits per heavy atom. The highest BCUT2D eigenvalue weighted by molar-refractivity contribution is 6.31. The highest BCUT2D eigenvalue weighted by atomic mass is 35.5. The lowest BCUT2D eigenvalue weighted by molar-refractivity contribution is 0.559. The fourth-order valence-electron chi connectivity index (χ4n) is 2.56. The van der Waals surface area contributed by atoms with Gasteiger partial charge in [0, 0.05) is 12.1 Å². The van der Waals surface area contributed by atoms with Gasteiger partial charge < -0.3 is 0 Å². The molecule has 3 rings (SSSR count). The molecule has 124 valence electrons. The van der Waals surface area contributed by atoms with Gasteiger partial charge in [-0.25, -0.2) is 9.07 Å². The van der Waals surface area contributed by atoms with Crippen LogP contribution in [0.5, 0.6) is 0 Å². The molecule has 7 heteroatoms. The van der Waals surface area contributed by atoms with Crippen LogP contribution in [0.4, 0.5) is 4.39 Å². The second-order valence-electron chi connectivity index (χ2n) is 5.56. The van der Waals surface area contributed by atoms with Gasteiger partial charge in [-0.15, -0.1) is 5.10 Å². The average molecular weight is 346 g/mol. The SMILES string of the molecule is Cc1cc([C@@H](NCc2nnnn2C)c2ccccc2Cl)ccc1F. The number of hydrogen-bond acceptors (Lipinski definition) is 4. The first-order chi connectivity index (χ1) is 11.6. The molecule has 2 aromatic carbocycles. The van der Waals surface area contributed by atoms with Crippen molar-refractivity contribution >= 4 is 11.6 Å². The Morgan fingerprint density at radius 2 is 2.04 bits per heavy atom. The van der Waals surface area contributed by atoms with Crippen molar-refractivity contribution in [3.05, 3.63) is 75.8 Å². The molecule has 0 radical (unpaired) electrons. The summed E-state index contributed by atoms with van der Waals surface area (Å²) in [5, 5.41) is 15.5. The van der Waals surface area contributed by atoms with Gasteiger partial charge in [-0.1, -0.05) is 41.9 Å². The Bertz CT molecular complexity index is 849. The molecule has 3 aromatic rings. The van der Waals surface area contributed by atoms with E-state index in [1.54, 1.807) is 24.7 Å².